The number of methoxy groups -OCH3 is 1. The number of rotatable bonds is 7. The van der Waals surface area contributed by atoms with E-state index in [4.69, 9.17) is 13.9 Å². The Morgan fingerprint density at radius 3 is 2.56 bits per heavy atom. The summed E-state index contributed by atoms with van der Waals surface area (Å²) in [5.74, 6) is 1.01. The smallest absolute Gasteiger partial charge is 0.332 e. The predicted octanol–water partition coefficient (Wildman–Crippen LogP) is 3.94. The largest absolute Gasteiger partial charge is 0.496 e. The molecule has 1 aliphatic rings. The lowest BCUT2D eigenvalue weighted by molar-refractivity contribution is -0.148. The summed E-state index contributed by atoms with van der Waals surface area (Å²) in [6.07, 6.45) is 2.25. The van der Waals surface area contributed by atoms with E-state index in [0.29, 0.717) is 45.4 Å². The Morgan fingerprint density at radius 1 is 1.23 bits per heavy atom. The first-order chi connectivity index (χ1) is 18.5. The lowest BCUT2D eigenvalue weighted by Crippen LogP contribution is -2.54. The lowest BCUT2D eigenvalue weighted by atomic mass is 10.1. The van der Waals surface area contributed by atoms with Crippen LogP contribution in [0.15, 0.2) is 50.7 Å². The predicted molar refractivity (Wildman–Crippen MR) is 148 cm³/mol. The summed E-state index contributed by atoms with van der Waals surface area (Å²) in [5, 5.41) is 0.452. The fourth-order valence-corrected chi connectivity index (χ4v) is 6.21. The summed E-state index contributed by atoms with van der Waals surface area (Å²) in [5.41, 5.74) is -0.0619. The topological polar surface area (TPSA) is 109 Å². The Hall–Kier alpha value is -3.70. The highest BCUT2D eigenvalue weighted by Crippen LogP contribution is 2.37. The van der Waals surface area contributed by atoms with Crippen molar-refractivity contribution < 1.29 is 18.7 Å². The van der Waals surface area contributed by atoms with Gasteiger partial charge in [-0.2, -0.15) is 0 Å². The molecule has 1 aromatic carbocycles. The number of carbonyl (C=O) groups is 1. The van der Waals surface area contributed by atoms with Crippen LogP contribution in [0.3, 0.4) is 0 Å². The summed E-state index contributed by atoms with van der Waals surface area (Å²) in [6, 6.07) is 7.51. The van der Waals surface area contributed by atoms with Crippen molar-refractivity contribution in [2.24, 2.45) is 0 Å². The third-order valence-electron chi connectivity index (χ3n) is 6.99. The van der Waals surface area contributed by atoms with Crippen LogP contribution in [0.1, 0.15) is 44.9 Å². The molecule has 11 heteroatoms. The van der Waals surface area contributed by atoms with E-state index >= 15 is 0 Å². The number of oxazole rings is 1. The average molecular weight is 553 g/mol. The van der Waals surface area contributed by atoms with Gasteiger partial charge in [0.1, 0.15) is 22.9 Å². The molecule has 10 nitrogen and oxygen atoms in total. The number of fused-ring (bicyclic) bond motifs is 1. The van der Waals surface area contributed by atoms with E-state index in [9.17, 15) is 14.4 Å². The number of benzene rings is 1. The molecule has 0 aliphatic carbocycles. The SMILES string of the molecule is COc1ccccc1C(Cn1c(=O)n(C(C)(C)C)c(=O)c2c(C)c(-c3ncco3)sc21)OC1CN(C(C)=O)C1. The highest BCUT2D eigenvalue weighted by molar-refractivity contribution is 7.22. The zero-order valence-electron chi connectivity index (χ0n) is 22.9. The normalized spacial score (nSPS) is 15.0. The van der Waals surface area contributed by atoms with E-state index in [-0.39, 0.29) is 24.1 Å². The van der Waals surface area contributed by atoms with E-state index in [0.717, 1.165) is 5.56 Å². The number of para-hydroxylation sites is 1. The van der Waals surface area contributed by atoms with Crippen molar-refractivity contribution in [3.8, 4) is 16.5 Å². The number of amides is 1. The molecule has 3 aromatic heterocycles. The van der Waals surface area contributed by atoms with Crippen LogP contribution in [0.25, 0.3) is 21.0 Å². The van der Waals surface area contributed by atoms with Crippen molar-refractivity contribution in [3.05, 3.63) is 68.7 Å². The van der Waals surface area contributed by atoms with Crippen molar-refractivity contribution in [3.63, 3.8) is 0 Å². The zero-order chi connectivity index (χ0) is 28.1. The number of hydrogen-bond donors (Lipinski definition) is 0. The molecule has 0 spiro atoms. The Labute approximate surface area is 229 Å². The van der Waals surface area contributed by atoms with Gasteiger partial charge in [-0.3, -0.25) is 18.7 Å². The minimum atomic E-state index is -0.766. The molecule has 1 saturated heterocycles. The summed E-state index contributed by atoms with van der Waals surface area (Å²) >= 11 is 1.30. The van der Waals surface area contributed by atoms with Gasteiger partial charge >= 0.3 is 5.69 Å². The van der Waals surface area contributed by atoms with Gasteiger partial charge in [-0.15, -0.1) is 11.3 Å². The summed E-state index contributed by atoms with van der Waals surface area (Å²) < 4.78 is 20.6. The van der Waals surface area contributed by atoms with Gasteiger partial charge < -0.3 is 18.8 Å². The monoisotopic (exact) mass is 552 g/mol. The van der Waals surface area contributed by atoms with Crippen molar-refractivity contribution in [2.75, 3.05) is 20.2 Å². The van der Waals surface area contributed by atoms with E-state index < -0.39 is 17.3 Å². The quantitative estimate of drug-likeness (QED) is 0.342. The Morgan fingerprint density at radius 2 is 1.95 bits per heavy atom. The molecule has 1 amide bonds. The molecular weight excluding hydrogens is 520 g/mol. The zero-order valence-corrected chi connectivity index (χ0v) is 23.7. The molecule has 1 fully saturated rings. The summed E-state index contributed by atoms with van der Waals surface area (Å²) in [7, 11) is 1.59. The van der Waals surface area contributed by atoms with Crippen LogP contribution >= 0.6 is 11.3 Å². The van der Waals surface area contributed by atoms with Crippen molar-refractivity contribution in [1.82, 2.24) is 19.0 Å². The molecule has 1 unspecified atom stereocenters. The summed E-state index contributed by atoms with van der Waals surface area (Å²) in [6.45, 7) is 9.96. The van der Waals surface area contributed by atoms with Gasteiger partial charge in [-0.1, -0.05) is 18.2 Å². The number of ether oxygens (including phenoxy) is 2. The number of nitrogens with zero attached hydrogens (tertiary/aromatic N) is 4. The van der Waals surface area contributed by atoms with Gasteiger partial charge in [0.25, 0.3) is 5.56 Å². The fraction of sp³-hybridized carbons (Fsp3) is 0.429. The second-order valence-electron chi connectivity index (χ2n) is 10.7. The second kappa shape index (κ2) is 10.1. The molecule has 4 aromatic rings. The van der Waals surface area contributed by atoms with Crippen LogP contribution in [-0.2, 0) is 21.6 Å². The maximum atomic E-state index is 14.0. The first kappa shape index (κ1) is 26.9. The Balaban J connectivity index is 1.69. The molecule has 5 rings (SSSR count). The van der Waals surface area contributed by atoms with Gasteiger partial charge in [-0.25, -0.2) is 9.78 Å². The van der Waals surface area contributed by atoms with Gasteiger partial charge in [0.15, 0.2) is 0 Å². The molecule has 39 heavy (non-hydrogen) atoms. The molecule has 0 radical (unpaired) electrons. The fourth-order valence-electron chi connectivity index (χ4n) is 4.97. The highest BCUT2D eigenvalue weighted by atomic mass is 32.1. The third-order valence-corrected chi connectivity index (χ3v) is 8.30. The maximum Gasteiger partial charge on any atom is 0.332 e. The molecule has 1 atom stereocenters. The van der Waals surface area contributed by atoms with E-state index in [1.54, 1.807) is 22.8 Å². The van der Waals surface area contributed by atoms with E-state index in [1.807, 2.05) is 52.0 Å². The van der Waals surface area contributed by atoms with Crippen LogP contribution in [0, 0.1) is 6.92 Å². The molecular formula is C28H32N4O6S. The van der Waals surface area contributed by atoms with Crippen LogP contribution < -0.4 is 16.0 Å². The minimum absolute atomic E-state index is 0.00741. The first-order valence-electron chi connectivity index (χ1n) is 12.7. The number of likely N-dealkylation sites (tertiary alicyclic amines) is 1. The number of aromatic nitrogens is 3. The van der Waals surface area contributed by atoms with Crippen LogP contribution in [0.4, 0.5) is 0 Å². The summed E-state index contributed by atoms with van der Waals surface area (Å²) in [4.78, 5) is 46.8. The van der Waals surface area contributed by atoms with Crippen LogP contribution in [-0.4, -0.2) is 51.2 Å². The van der Waals surface area contributed by atoms with Crippen LogP contribution in [0.5, 0.6) is 5.75 Å². The van der Waals surface area contributed by atoms with E-state index in [2.05, 4.69) is 4.98 Å². The van der Waals surface area contributed by atoms with Crippen molar-refractivity contribution in [2.45, 2.75) is 58.9 Å². The highest BCUT2D eigenvalue weighted by Gasteiger charge is 2.34. The Bertz CT molecular complexity index is 1640. The number of thiophene rings is 1. The maximum absolute atomic E-state index is 14.0. The standard InChI is InChI=1S/C28H32N4O6S/c1-16-22-25(34)32(28(3,4)5)27(35)31(26(22)39-23(16)24-29-11-12-37-24)15-21(19-9-7-8-10-20(19)36-6)38-18-13-30(14-18)17(2)33/h7-12,18,21H,13-15H2,1-6H3. The van der Waals surface area contributed by atoms with Gasteiger partial charge in [0, 0.05) is 31.1 Å². The number of carbonyl (C=O) groups excluding carboxylic acids is 1. The second-order valence-corrected chi connectivity index (χ2v) is 11.7. The van der Waals surface area contributed by atoms with Crippen molar-refractivity contribution >= 4 is 27.5 Å². The van der Waals surface area contributed by atoms with E-state index in [1.165, 1.54) is 29.1 Å². The molecule has 0 N–H and O–H groups in total. The number of hydrogen-bond acceptors (Lipinski definition) is 8. The Kier molecular flexibility index (Phi) is 6.98. The van der Waals surface area contributed by atoms with Crippen molar-refractivity contribution in [1.29, 1.82) is 0 Å². The first-order valence-corrected chi connectivity index (χ1v) is 13.6. The average Bonchev–Trinajstić information content (AvgIpc) is 3.49. The minimum Gasteiger partial charge on any atom is -0.496 e. The van der Waals surface area contributed by atoms with Gasteiger partial charge in [0.05, 0.1) is 36.2 Å². The van der Waals surface area contributed by atoms with Crippen LogP contribution in [0.2, 0.25) is 0 Å². The van der Waals surface area contributed by atoms with Gasteiger partial charge in [0.2, 0.25) is 11.8 Å². The molecule has 0 bridgehead atoms. The molecule has 4 heterocycles. The number of aryl methyl sites for hydroxylation is 1. The van der Waals surface area contributed by atoms with Gasteiger partial charge in [-0.05, 0) is 39.3 Å². The molecule has 1 aliphatic heterocycles. The third kappa shape index (κ3) is 4.80. The lowest BCUT2D eigenvalue weighted by Gasteiger charge is -2.40. The molecule has 206 valence electrons. The molecule has 0 saturated carbocycles.